The number of anilines is 1. The lowest BCUT2D eigenvalue weighted by molar-refractivity contribution is 0.0455. The Morgan fingerprint density at radius 1 is 1.04 bits per heavy atom. The Balaban J connectivity index is 2.41. The molecule has 1 aromatic carbocycles. The number of nitrogens with zero attached hydrogens (tertiary/aromatic N) is 2. The Hall–Kier alpha value is -2.36. The number of pyridine rings is 1. The molecule has 0 radical (unpaired) electrons. The maximum absolute atomic E-state index is 12.4. The summed E-state index contributed by atoms with van der Waals surface area (Å²) in [6, 6.07) is 9.89. The zero-order valence-corrected chi connectivity index (χ0v) is 17.0. The van der Waals surface area contributed by atoms with Crippen LogP contribution < -0.4 is 5.06 Å². The predicted octanol–water partition coefficient (Wildman–Crippen LogP) is 5.27. The Morgan fingerprint density at radius 3 is 2.04 bits per heavy atom. The van der Waals surface area contributed by atoms with Crippen molar-refractivity contribution >= 4 is 11.7 Å². The summed E-state index contributed by atoms with van der Waals surface area (Å²) in [5, 5.41) is 1.65. The van der Waals surface area contributed by atoms with E-state index in [1.54, 1.807) is 23.4 Å². The zero-order valence-electron chi connectivity index (χ0n) is 17.0. The summed E-state index contributed by atoms with van der Waals surface area (Å²) in [5.41, 5.74) is 3.77. The molecule has 0 aliphatic carbocycles. The van der Waals surface area contributed by atoms with Gasteiger partial charge in [0, 0.05) is 12.4 Å². The van der Waals surface area contributed by atoms with Gasteiger partial charge in [0.2, 0.25) is 0 Å². The van der Waals surface area contributed by atoms with Crippen LogP contribution in [0.1, 0.15) is 70.0 Å². The Labute approximate surface area is 157 Å². The third-order valence-corrected chi connectivity index (χ3v) is 4.32. The van der Waals surface area contributed by atoms with Crippen LogP contribution in [0.3, 0.4) is 0 Å². The molecule has 0 fully saturated rings. The lowest BCUT2D eigenvalue weighted by Gasteiger charge is -2.29. The van der Waals surface area contributed by atoms with Crippen molar-refractivity contribution in [2.45, 2.75) is 59.3 Å². The summed E-state index contributed by atoms with van der Waals surface area (Å²) >= 11 is 0. The van der Waals surface area contributed by atoms with Crippen LogP contribution in [0.4, 0.5) is 5.69 Å². The Kier molecular flexibility index (Phi) is 5.74. The highest BCUT2D eigenvalue weighted by molar-refractivity contribution is 5.89. The van der Waals surface area contributed by atoms with Crippen LogP contribution in [0.25, 0.3) is 0 Å². The van der Waals surface area contributed by atoms with Crippen LogP contribution in [0.2, 0.25) is 0 Å². The molecule has 4 heteroatoms. The SMILES string of the molecule is CCN(OC(=O)c1cccnc1)c1cc(C(C)(C)C)cc(C(C)(C)C)c1. The largest absolute Gasteiger partial charge is 0.364 e. The van der Waals surface area contributed by atoms with Crippen molar-refractivity contribution < 1.29 is 9.63 Å². The zero-order chi connectivity index (χ0) is 19.5. The molecule has 0 bridgehead atoms. The molecule has 0 aliphatic rings. The number of benzene rings is 1. The van der Waals surface area contributed by atoms with Gasteiger partial charge in [-0.2, -0.15) is 0 Å². The molecule has 0 saturated heterocycles. The number of hydrogen-bond acceptors (Lipinski definition) is 4. The fraction of sp³-hybridized carbons (Fsp3) is 0.455. The maximum atomic E-state index is 12.4. The first-order valence-electron chi connectivity index (χ1n) is 9.08. The van der Waals surface area contributed by atoms with Gasteiger partial charge in [-0.1, -0.05) is 47.6 Å². The summed E-state index contributed by atoms with van der Waals surface area (Å²) in [4.78, 5) is 22.1. The molecular weight excluding hydrogens is 324 g/mol. The van der Waals surface area contributed by atoms with E-state index in [1.165, 1.54) is 17.3 Å². The van der Waals surface area contributed by atoms with E-state index >= 15 is 0 Å². The molecule has 0 atom stereocenters. The third kappa shape index (κ3) is 4.84. The fourth-order valence-electron chi connectivity index (χ4n) is 2.56. The second-order valence-electron chi connectivity index (χ2n) is 8.58. The summed E-state index contributed by atoms with van der Waals surface area (Å²) in [6.45, 7) is 15.7. The minimum absolute atomic E-state index is 0.00276. The van der Waals surface area contributed by atoms with E-state index in [0.717, 1.165) is 5.69 Å². The van der Waals surface area contributed by atoms with Crippen molar-refractivity contribution in [2.24, 2.45) is 0 Å². The number of carbonyl (C=O) groups is 1. The smallest absolute Gasteiger partial charge is 0.335 e. The van der Waals surface area contributed by atoms with Gasteiger partial charge in [0.05, 0.1) is 17.8 Å². The molecule has 0 spiro atoms. The monoisotopic (exact) mass is 354 g/mol. The molecule has 4 nitrogen and oxygen atoms in total. The van der Waals surface area contributed by atoms with Crippen LogP contribution in [-0.4, -0.2) is 17.5 Å². The molecule has 1 heterocycles. The van der Waals surface area contributed by atoms with Gasteiger partial charge >= 0.3 is 5.97 Å². The lowest BCUT2D eigenvalue weighted by atomic mass is 9.80. The normalized spacial score (nSPS) is 12.0. The second-order valence-corrected chi connectivity index (χ2v) is 8.58. The van der Waals surface area contributed by atoms with Gasteiger partial charge in [-0.25, -0.2) is 9.86 Å². The van der Waals surface area contributed by atoms with E-state index in [9.17, 15) is 4.79 Å². The van der Waals surface area contributed by atoms with E-state index < -0.39 is 5.97 Å². The van der Waals surface area contributed by atoms with E-state index in [-0.39, 0.29) is 10.8 Å². The fourth-order valence-corrected chi connectivity index (χ4v) is 2.56. The minimum atomic E-state index is -0.404. The van der Waals surface area contributed by atoms with Gasteiger partial charge in [-0.05, 0) is 53.1 Å². The van der Waals surface area contributed by atoms with Gasteiger partial charge in [0.15, 0.2) is 0 Å². The molecule has 2 rings (SSSR count). The predicted molar refractivity (Wildman–Crippen MR) is 107 cm³/mol. The Bertz CT molecular complexity index is 724. The van der Waals surface area contributed by atoms with Crippen LogP contribution in [-0.2, 0) is 15.7 Å². The van der Waals surface area contributed by atoms with Crippen molar-refractivity contribution in [2.75, 3.05) is 11.6 Å². The van der Waals surface area contributed by atoms with E-state index in [2.05, 4.69) is 64.7 Å². The maximum Gasteiger partial charge on any atom is 0.364 e. The van der Waals surface area contributed by atoms with Crippen molar-refractivity contribution in [1.29, 1.82) is 0 Å². The van der Waals surface area contributed by atoms with Gasteiger partial charge in [0.1, 0.15) is 0 Å². The highest BCUT2D eigenvalue weighted by atomic mass is 16.7. The minimum Gasteiger partial charge on any atom is -0.335 e. The first-order valence-corrected chi connectivity index (χ1v) is 9.08. The first kappa shape index (κ1) is 20.0. The molecule has 0 unspecified atom stereocenters. The number of hydroxylamine groups is 1. The van der Waals surface area contributed by atoms with Crippen LogP contribution in [0.15, 0.2) is 42.7 Å². The molecule has 1 aromatic heterocycles. The molecule has 0 amide bonds. The lowest BCUT2D eigenvalue weighted by Crippen LogP contribution is -2.28. The van der Waals surface area contributed by atoms with Gasteiger partial charge in [0.25, 0.3) is 0 Å². The van der Waals surface area contributed by atoms with Crippen LogP contribution in [0, 0.1) is 0 Å². The topological polar surface area (TPSA) is 42.4 Å². The standard InChI is InChI=1S/C22H30N2O2/c1-8-24(26-20(25)16-10-9-11-23-15-16)19-13-17(21(2,3)4)12-18(14-19)22(5,6)7/h9-15H,8H2,1-7H3. The van der Waals surface area contributed by atoms with Crippen molar-refractivity contribution in [3.8, 4) is 0 Å². The molecule has 2 aromatic rings. The van der Waals surface area contributed by atoms with Crippen LogP contribution >= 0.6 is 0 Å². The number of rotatable bonds is 4. The van der Waals surface area contributed by atoms with E-state index in [1.807, 2.05) is 6.92 Å². The first-order chi connectivity index (χ1) is 12.0. The number of aromatic nitrogens is 1. The van der Waals surface area contributed by atoms with Gasteiger partial charge < -0.3 is 4.84 Å². The molecule has 140 valence electrons. The van der Waals surface area contributed by atoms with Crippen molar-refractivity contribution in [3.63, 3.8) is 0 Å². The average molecular weight is 354 g/mol. The highest BCUT2D eigenvalue weighted by Crippen LogP contribution is 2.33. The summed E-state index contributed by atoms with van der Waals surface area (Å²) in [5.74, 6) is -0.404. The number of hydrogen-bond donors (Lipinski definition) is 0. The summed E-state index contributed by atoms with van der Waals surface area (Å²) in [6.07, 6.45) is 3.15. The molecule has 0 saturated carbocycles. The number of carbonyl (C=O) groups excluding carboxylic acids is 1. The van der Waals surface area contributed by atoms with Gasteiger partial charge in [-0.15, -0.1) is 0 Å². The quantitative estimate of drug-likeness (QED) is 0.701. The summed E-state index contributed by atoms with van der Waals surface area (Å²) < 4.78 is 0. The van der Waals surface area contributed by atoms with E-state index in [0.29, 0.717) is 12.1 Å². The van der Waals surface area contributed by atoms with E-state index in [4.69, 9.17) is 4.84 Å². The molecule has 26 heavy (non-hydrogen) atoms. The Morgan fingerprint density at radius 2 is 1.62 bits per heavy atom. The van der Waals surface area contributed by atoms with Gasteiger partial charge in [-0.3, -0.25) is 4.98 Å². The molecule has 0 aliphatic heterocycles. The average Bonchev–Trinajstić information content (AvgIpc) is 2.58. The highest BCUT2D eigenvalue weighted by Gasteiger charge is 2.23. The van der Waals surface area contributed by atoms with Crippen LogP contribution in [0.5, 0.6) is 0 Å². The molecular formula is C22H30N2O2. The van der Waals surface area contributed by atoms with Crippen molar-refractivity contribution in [1.82, 2.24) is 4.98 Å². The summed E-state index contributed by atoms with van der Waals surface area (Å²) in [7, 11) is 0. The second kappa shape index (κ2) is 7.48. The van der Waals surface area contributed by atoms with Crippen molar-refractivity contribution in [3.05, 3.63) is 59.4 Å². The molecule has 0 N–H and O–H groups in total. The third-order valence-electron chi connectivity index (χ3n) is 4.32.